The minimum atomic E-state index is -0.896. The van der Waals surface area contributed by atoms with E-state index < -0.39 is 28.8 Å². The fourth-order valence-corrected chi connectivity index (χ4v) is 5.07. The zero-order valence-corrected chi connectivity index (χ0v) is 24.5. The number of piperazine rings is 1. The molecule has 2 aromatic carbocycles. The average Bonchev–Trinajstić information content (AvgIpc) is 2.96. The minimum absolute atomic E-state index is 0.0425. The van der Waals surface area contributed by atoms with Crippen LogP contribution in [0.3, 0.4) is 0 Å². The van der Waals surface area contributed by atoms with Crippen molar-refractivity contribution in [3.8, 4) is 5.75 Å². The van der Waals surface area contributed by atoms with Gasteiger partial charge in [0.1, 0.15) is 12.4 Å². The van der Waals surface area contributed by atoms with Gasteiger partial charge < -0.3 is 20.1 Å². The van der Waals surface area contributed by atoms with Crippen molar-refractivity contribution in [1.29, 1.82) is 0 Å². The molecule has 0 spiro atoms. The molecule has 12 heteroatoms. The number of nitrogens with zero attached hydrogens (tertiary/aromatic N) is 3. The Balaban J connectivity index is 1.75. The first kappa shape index (κ1) is 32.1. The van der Waals surface area contributed by atoms with Crippen LogP contribution in [0.1, 0.15) is 32.3 Å². The number of amides is 3. The third-order valence-corrected chi connectivity index (χ3v) is 7.67. The molecule has 0 saturated carbocycles. The van der Waals surface area contributed by atoms with Crippen molar-refractivity contribution in [2.75, 3.05) is 40.4 Å². The molecule has 0 aliphatic carbocycles. The number of hydrogen-bond donors (Lipinski definition) is 1. The summed E-state index contributed by atoms with van der Waals surface area (Å²) in [6.45, 7) is 4.89. The molecule has 41 heavy (non-hydrogen) atoms. The summed E-state index contributed by atoms with van der Waals surface area (Å²) in [5, 5.41) is 0.244. The number of likely N-dealkylation sites (N-methyl/N-ethyl adjacent to an activating group) is 1. The van der Waals surface area contributed by atoms with Crippen LogP contribution in [0.5, 0.6) is 5.75 Å². The molecule has 0 radical (unpaired) electrons. The van der Waals surface area contributed by atoms with Crippen molar-refractivity contribution in [3.05, 3.63) is 58.9 Å². The Hall–Kier alpha value is -3.38. The average molecular weight is 592 g/mol. The number of halogens is 2. The molecule has 3 atom stereocenters. The normalized spacial score (nSPS) is 18.9. The van der Waals surface area contributed by atoms with Crippen LogP contribution in [0.4, 0.5) is 10.1 Å². The Labute approximate surface area is 244 Å². The zero-order chi connectivity index (χ0) is 30.3. The molecule has 2 N–H and O–H groups in total. The highest BCUT2D eigenvalue weighted by Crippen LogP contribution is 2.36. The predicted molar refractivity (Wildman–Crippen MR) is 152 cm³/mol. The molecule has 1 saturated heterocycles. The lowest BCUT2D eigenvalue weighted by Gasteiger charge is -2.44. The summed E-state index contributed by atoms with van der Waals surface area (Å²) in [5.41, 5.74) is 6.75. The molecule has 1 fully saturated rings. The first-order valence-electron chi connectivity index (χ1n) is 13.3. The highest BCUT2D eigenvalue weighted by atomic mass is 35.5. The van der Waals surface area contributed by atoms with E-state index in [0.29, 0.717) is 19.6 Å². The summed E-state index contributed by atoms with van der Waals surface area (Å²) in [6, 6.07) is 10.7. The molecular formula is C29H37ClFN4O6+. The van der Waals surface area contributed by atoms with E-state index in [1.54, 1.807) is 17.0 Å². The van der Waals surface area contributed by atoms with Gasteiger partial charge >= 0.3 is 17.8 Å². The molecule has 3 rings (SSSR count). The Morgan fingerprint density at radius 3 is 2.34 bits per heavy atom. The largest absolute Gasteiger partial charge is 0.477 e. The molecule has 1 aliphatic heterocycles. The van der Waals surface area contributed by atoms with Crippen LogP contribution in [0.2, 0.25) is 5.02 Å². The number of quaternary nitrogens is 1. The number of imide groups is 1. The van der Waals surface area contributed by atoms with E-state index in [1.165, 1.54) is 44.5 Å². The van der Waals surface area contributed by atoms with Gasteiger partial charge in [0.25, 0.3) is 5.91 Å². The van der Waals surface area contributed by atoms with Crippen molar-refractivity contribution >= 4 is 41.0 Å². The van der Waals surface area contributed by atoms with Crippen molar-refractivity contribution in [1.82, 2.24) is 14.3 Å². The monoisotopic (exact) mass is 591 g/mol. The predicted octanol–water partition coefficient (Wildman–Crippen LogP) is 2.88. The van der Waals surface area contributed by atoms with Gasteiger partial charge in [-0.25, -0.2) is 14.0 Å². The number of carbonyl (C=O) groups is 4. The molecule has 2 aromatic rings. The highest BCUT2D eigenvalue weighted by Gasteiger charge is 2.44. The molecular weight excluding hydrogens is 555 g/mol. The summed E-state index contributed by atoms with van der Waals surface area (Å²) >= 11 is 6.23. The number of benzene rings is 2. The van der Waals surface area contributed by atoms with Gasteiger partial charge in [0.2, 0.25) is 0 Å². The first-order valence-corrected chi connectivity index (χ1v) is 13.7. The van der Waals surface area contributed by atoms with Crippen LogP contribution < -0.4 is 15.0 Å². The van der Waals surface area contributed by atoms with E-state index >= 15 is 0 Å². The lowest BCUT2D eigenvalue weighted by molar-refractivity contribution is -0.146. The fourth-order valence-electron chi connectivity index (χ4n) is 4.90. The quantitative estimate of drug-likeness (QED) is 0.331. The van der Waals surface area contributed by atoms with E-state index in [4.69, 9.17) is 22.1 Å². The Kier molecular flexibility index (Phi) is 11.0. The van der Waals surface area contributed by atoms with Crippen LogP contribution in [-0.4, -0.2) is 86.0 Å². The van der Waals surface area contributed by atoms with Crippen molar-refractivity contribution in [2.45, 2.75) is 45.3 Å². The van der Waals surface area contributed by atoms with Gasteiger partial charge in [-0.3, -0.25) is 14.5 Å². The molecule has 1 aliphatic rings. The van der Waals surface area contributed by atoms with Crippen LogP contribution in [0, 0.1) is 5.82 Å². The number of carbonyl (C=O) groups excluding carboxylic acids is 4. The minimum Gasteiger partial charge on any atom is -0.477 e. The molecule has 1 unspecified atom stereocenters. The standard InChI is InChI=1S/C29H37ClFN4O6/c1-19-16-34(20(2)15-33(19)17-21-5-8-23(31)9-6-21)26(36)18-41-25-10-7-22(30)13-24(25)35(3,28(38)14-32)27(37)11-12-29(39)40-4/h5-10,13,19-20H,11-12,14-18,32H2,1-4H3/q+1/t19-,20+,35?/m0/s1. The Morgan fingerprint density at radius 2 is 1.71 bits per heavy atom. The lowest BCUT2D eigenvalue weighted by atomic mass is 10.1. The maximum absolute atomic E-state index is 13.3. The molecule has 3 amide bonds. The highest BCUT2D eigenvalue weighted by molar-refractivity contribution is 6.31. The summed E-state index contributed by atoms with van der Waals surface area (Å²) in [5.74, 6) is -2.27. The fraction of sp³-hybridized carbons (Fsp3) is 0.448. The maximum Gasteiger partial charge on any atom is 0.339 e. The van der Waals surface area contributed by atoms with Gasteiger partial charge in [0.15, 0.2) is 18.0 Å². The number of methoxy groups -OCH3 is 1. The number of nitrogens with two attached hydrogens (primary N) is 1. The molecule has 222 valence electrons. The second-order valence-corrected chi connectivity index (χ2v) is 10.7. The van der Waals surface area contributed by atoms with E-state index in [9.17, 15) is 23.6 Å². The summed E-state index contributed by atoms with van der Waals surface area (Å²) in [6.07, 6.45) is -0.503. The van der Waals surface area contributed by atoms with Crippen LogP contribution in [-0.2, 0) is 30.5 Å². The topological polar surface area (TPSA) is 119 Å². The van der Waals surface area contributed by atoms with Gasteiger partial charge in [0.05, 0.1) is 27.0 Å². The van der Waals surface area contributed by atoms with Gasteiger partial charge in [0, 0.05) is 42.8 Å². The van der Waals surface area contributed by atoms with Crippen molar-refractivity contribution < 1.29 is 33.0 Å². The molecule has 1 heterocycles. The summed E-state index contributed by atoms with van der Waals surface area (Å²) in [7, 11) is 2.57. The van der Waals surface area contributed by atoms with E-state index in [0.717, 1.165) is 5.56 Å². The van der Waals surface area contributed by atoms with Crippen molar-refractivity contribution in [2.24, 2.45) is 5.73 Å². The second-order valence-electron chi connectivity index (χ2n) is 10.3. The van der Waals surface area contributed by atoms with Crippen LogP contribution in [0.15, 0.2) is 42.5 Å². The van der Waals surface area contributed by atoms with Crippen LogP contribution in [0.25, 0.3) is 0 Å². The van der Waals surface area contributed by atoms with E-state index in [1.807, 2.05) is 13.8 Å². The van der Waals surface area contributed by atoms with Crippen LogP contribution >= 0.6 is 11.6 Å². The lowest BCUT2D eigenvalue weighted by Crippen LogP contribution is -2.58. The smallest absolute Gasteiger partial charge is 0.339 e. The zero-order valence-electron chi connectivity index (χ0n) is 23.8. The summed E-state index contributed by atoms with van der Waals surface area (Å²) in [4.78, 5) is 55.2. The SMILES string of the molecule is COC(=O)CCC(=O)[N+](C)(C(=O)CN)c1cc(Cl)ccc1OCC(=O)N1C[C@H](C)N(Cc2ccc(F)cc2)C[C@H]1C. The second kappa shape index (κ2) is 14.0. The Bertz CT molecular complexity index is 1280. The van der Waals surface area contributed by atoms with Gasteiger partial charge in [-0.05, 0) is 43.7 Å². The third kappa shape index (κ3) is 7.68. The number of rotatable bonds is 10. The van der Waals surface area contributed by atoms with E-state index in [-0.39, 0.29) is 59.7 Å². The molecule has 0 bridgehead atoms. The molecule has 10 nitrogen and oxygen atoms in total. The number of hydrogen-bond acceptors (Lipinski definition) is 8. The molecule has 0 aromatic heterocycles. The third-order valence-electron chi connectivity index (χ3n) is 7.43. The Morgan fingerprint density at radius 1 is 1.02 bits per heavy atom. The van der Waals surface area contributed by atoms with Gasteiger partial charge in [-0.15, -0.1) is 0 Å². The van der Waals surface area contributed by atoms with E-state index in [2.05, 4.69) is 9.64 Å². The number of esters is 1. The summed E-state index contributed by atoms with van der Waals surface area (Å²) < 4.78 is 22.9. The van der Waals surface area contributed by atoms with Gasteiger partial charge in [-0.2, -0.15) is 4.48 Å². The maximum atomic E-state index is 13.3. The first-order chi connectivity index (χ1) is 19.4. The van der Waals surface area contributed by atoms with Crippen molar-refractivity contribution in [3.63, 3.8) is 0 Å². The van der Waals surface area contributed by atoms with Gasteiger partial charge in [-0.1, -0.05) is 23.7 Å². The number of ether oxygens (including phenoxy) is 2.